The second-order valence-electron chi connectivity index (χ2n) is 5.03. The summed E-state index contributed by atoms with van der Waals surface area (Å²) in [6, 6.07) is 12.9. The first-order valence-electron chi connectivity index (χ1n) is 6.57. The highest BCUT2D eigenvalue weighted by Crippen LogP contribution is 2.38. The van der Waals surface area contributed by atoms with E-state index in [2.05, 4.69) is 0 Å². The molecule has 0 amide bonds. The standard InChI is InChI=1S/C16H13Cl2NO2/c17-13-5-3-6-14(18)12(13)9-19-8-11(16(20)21)10-4-1-2-7-15(10)19/h1-7,11H,8-9H2,(H,20,21). The summed E-state index contributed by atoms with van der Waals surface area (Å²) in [5.74, 6) is -1.32. The molecule has 0 fully saturated rings. The van der Waals surface area contributed by atoms with E-state index < -0.39 is 11.9 Å². The summed E-state index contributed by atoms with van der Waals surface area (Å²) in [6.45, 7) is 0.926. The maximum atomic E-state index is 11.4. The highest BCUT2D eigenvalue weighted by molar-refractivity contribution is 6.36. The minimum Gasteiger partial charge on any atom is -0.481 e. The zero-order valence-corrected chi connectivity index (χ0v) is 12.6. The molecule has 1 heterocycles. The Labute approximate surface area is 132 Å². The minimum atomic E-state index is -0.810. The first-order chi connectivity index (χ1) is 10.1. The van der Waals surface area contributed by atoms with Crippen LogP contribution in [0.5, 0.6) is 0 Å². The van der Waals surface area contributed by atoms with E-state index in [0.29, 0.717) is 23.1 Å². The number of halogens is 2. The molecule has 0 saturated heterocycles. The van der Waals surface area contributed by atoms with Crippen LogP contribution < -0.4 is 4.90 Å². The van der Waals surface area contributed by atoms with Gasteiger partial charge in [0.15, 0.2) is 0 Å². The molecule has 0 aromatic heterocycles. The smallest absolute Gasteiger partial charge is 0.312 e. The Kier molecular flexibility index (Phi) is 3.79. The van der Waals surface area contributed by atoms with Crippen molar-refractivity contribution >= 4 is 34.9 Å². The number of carboxylic acids is 1. The topological polar surface area (TPSA) is 40.5 Å². The van der Waals surface area contributed by atoms with E-state index in [1.165, 1.54) is 0 Å². The number of anilines is 1. The van der Waals surface area contributed by atoms with E-state index in [0.717, 1.165) is 16.8 Å². The van der Waals surface area contributed by atoms with Crippen molar-refractivity contribution in [1.82, 2.24) is 0 Å². The Morgan fingerprint density at radius 3 is 2.48 bits per heavy atom. The average Bonchev–Trinajstić information content (AvgIpc) is 2.82. The number of para-hydroxylation sites is 1. The maximum Gasteiger partial charge on any atom is 0.312 e. The number of fused-ring (bicyclic) bond motifs is 1. The highest BCUT2D eigenvalue weighted by atomic mass is 35.5. The van der Waals surface area contributed by atoms with E-state index in [-0.39, 0.29) is 0 Å². The fourth-order valence-electron chi connectivity index (χ4n) is 2.72. The van der Waals surface area contributed by atoms with E-state index in [1.54, 1.807) is 18.2 Å². The summed E-state index contributed by atoms with van der Waals surface area (Å²) >= 11 is 12.4. The average molecular weight is 322 g/mol. The predicted octanol–water partition coefficient (Wildman–Crippen LogP) is 4.18. The molecule has 2 aromatic rings. The van der Waals surface area contributed by atoms with Crippen LogP contribution in [0.4, 0.5) is 5.69 Å². The number of benzene rings is 2. The molecular formula is C16H13Cl2NO2. The lowest BCUT2D eigenvalue weighted by Gasteiger charge is -2.21. The highest BCUT2D eigenvalue weighted by Gasteiger charge is 2.33. The molecule has 1 aliphatic heterocycles. The first kappa shape index (κ1) is 14.2. The first-order valence-corrected chi connectivity index (χ1v) is 7.33. The van der Waals surface area contributed by atoms with Crippen molar-refractivity contribution in [2.24, 2.45) is 0 Å². The predicted molar refractivity (Wildman–Crippen MR) is 84.3 cm³/mol. The number of aliphatic carboxylic acids is 1. The van der Waals surface area contributed by atoms with Gasteiger partial charge in [0.05, 0.1) is 0 Å². The van der Waals surface area contributed by atoms with E-state index >= 15 is 0 Å². The molecule has 1 aliphatic rings. The van der Waals surface area contributed by atoms with Crippen LogP contribution in [-0.2, 0) is 11.3 Å². The van der Waals surface area contributed by atoms with E-state index in [9.17, 15) is 9.90 Å². The molecule has 21 heavy (non-hydrogen) atoms. The van der Waals surface area contributed by atoms with Gasteiger partial charge in [-0.05, 0) is 23.8 Å². The van der Waals surface area contributed by atoms with Gasteiger partial charge in [-0.15, -0.1) is 0 Å². The van der Waals surface area contributed by atoms with Gasteiger partial charge in [-0.1, -0.05) is 47.5 Å². The summed E-state index contributed by atoms with van der Waals surface area (Å²) in [5, 5.41) is 10.6. The lowest BCUT2D eigenvalue weighted by atomic mass is 10.0. The zero-order valence-electron chi connectivity index (χ0n) is 11.1. The monoisotopic (exact) mass is 321 g/mol. The second-order valence-corrected chi connectivity index (χ2v) is 5.84. The molecule has 3 nitrogen and oxygen atoms in total. The van der Waals surface area contributed by atoms with Gasteiger partial charge in [0.1, 0.15) is 5.92 Å². The summed E-state index contributed by atoms with van der Waals surface area (Å²) in [7, 11) is 0. The molecule has 1 atom stereocenters. The van der Waals surface area contributed by atoms with Crippen molar-refractivity contribution in [3.63, 3.8) is 0 Å². The van der Waals surface area contributed by atoms with Crippen molar-refractivity contribution < 1.29 is 9.90 Å². The van der Waals surface area contributed by atoms with Crippen LogP contribution in [0.2, 0.25) is 10.0 Å². The molecule has 0 radical (unpaired) electrons. The third kappa shape index (κ3) is 2.59. The molecule has 5 heteroatoms. The lowest BCUT2D eigenvalue weighted by molar-refractivity contribution is -0.138. The van der Waals surface area contributed by atoms with Gasteiger partial charge in [-0.2, -0.15) is 0 Å². The van der Waals surface area contributed by atoms with Crippen LogP contribution in [0.3, 0.4) is 0 Å². The third-order valence-corrected chi connectivity index (χ3v) is 4.47. The zero-order chi connectivity index (χ0) is 15.0. The van der Waals surface area contributed by atoms with Crippen LogP contribution in [0, 0.1) is 0 Å². The van der Waals surface area contributed by atoms with Gasteiger partial charge in [-0.25, -0.2) is 0 Å². The Bertz CT molecular complexity index is 682. The minimum absolute atomic E-state index is 0.427. The van der Waals surface area contributed by atoms with Crippen molar-refractivity contribution in [2.75, 3.05) is 11.4 Å². The summed E-state index contributed by atoms with van der Waals surface area (Å²) in [4.78, 5) is 13.4. The molecule has 0 spiro atoms. The molecule has 2 aromatic carbocycles. The molecule has 0 saturated carbocycles. The normalized spacial score (nSPS) is 16.9. The fraction of sp³-hybridized carbons (Fsp3) is 0.188. The van der Waals surface area contributed by atoms with Crippen LogP contribution in [0.25, 0.3) is 0 Å². The number of carbonyl (C=O) groups is 1. The van der Waals surface area contributed by atoms with Crippen LogP contribution in [0.15, 0.2) is 42.5 Å². The van der Waals surface area contributed by atoms with Crippen LogP contribution in [0.1, 0.15) is 17.0 Å². The number of rotatable bonds is 3. The van der Waals surface area contributed by atoms with Gasteiger partial charge < -0.3 is 10.0 Å². The van der Waals surface area contributed by atoms with Crippen molar-refractivity contribution in [1.29, 1.82) is 0 Å². The lowest BCUT2D eigenvalue weighted by Crippen LogP contribution is -2.24. The van der Waals surface area contributed by atoms with E-state index in [4.69, 9.17) is 23.2 Å². The van der Waals surface area contributed by atoms with Gasteiger partial charge in [0, 0.05) is 34.4 Å². The van der Waals surface area contributed by atoms with Crippen LogP contribution in [-0.4, -0.2) is 17.6 Å². The molecular weight excluding hydrogens is 309 g/mol. The fourth-order valence-corrected chi connectivity index (χ4v) is 3.24. The summed E-state index contributed by atoms with van der Waals surface area (Å²) < 4.78 is 0. The maximum absolute atomic E-state index is 11.4. The number of hydrogen-bond donors (Lipinski definition) is 1. The van der Waals surface area contributed by atoms with Gasteiger partial charge >= 0.3 is 5.97 Å². The number of carboxylic acid groups (broad SMARTS) is 1. The molecule has 1 N–H and O–H groups in total. The Balaban J connectivity index is 1.96. The SMILES string of the molecule is O=C(O)C1CN(Cc2c(Cl)cccc2Cl)c2ccccc21. The van der Waals surface area contributed by atoms with Gasteiger partial charge in [0.2, 0.25) is 0 Å². The molecule has 0 aliphatic carbocycles. The van der Waals surface area contributed by atoms with Crippen molar-refractivity contribution in [3.8, 4) is 0 Å². The largest absolute Gasteiger partial charge is 0.481 e. The Morgan fingerprint density at radius 1 is 1.14 bits per heavy atom. The molecule has 108 valence electrons. The van der Waals surface area contributed by atoms with E-state index in [1.807, 2.05) is 29.2 Å². The number of hydrogen-bond acceptors (Lipinski definition) is 2. The molecule has 3 rings (SSSR count). The van der Waals surface area contributed by atoms with Crippen molar-refractivity contribution in [3.05, 3.63) is 63.6 Å². The summed E-state index contributed by atoms with van der Waals surface area (Å²) in [6.07, 6.45) is 0. The van der Waals surface area contributed by atoms with Crippen LogP contribution >= 0.6 is 23.2 Å². The third-order valence-electron chi connectivity index (χ3n) is 3.76. The quantitative estimate of drug-likeness (QED) is 0.921. The molecule has 0 bridgehead atoms. The van der Waals surface area contributed by atoms with Gasteiger partial charge in [-0.3, -0.25) is 4.79 Å². The van der Waals surface area contributed by atoms with Gasteiger partial charge in [0.25, 0.3) is 0 Å². The summed E-state index contributed by atoms with van der Waals surface area (Å²) in [5.41, 5.74) is 2.59. The Hall–Kier alpha value is -1.71. The Morgan fingerprint density at radius 2 is 1.81 bits per heavy atom. The number of nitrogens with zero attached hydrogens (tertiary/aromatic N) is 1. The van der Waals surface area contributed by atoms with Crippen molar-refractivity contribution in [2.45, 2.75) is 12.5 Å². The molecule has 1 unspecified atom stereocenters. The second kappa shape index (κ2) is 5.58.